The summed E-state index contributed by atoms with van der Waals surface area (Å²) < 4.78 is 11.5. The van der Waals surface area contributed by atoms with Crippen molar-refractivity contribution in [1.29, 1.82) is 0 Å². The molecule has 1 aromatic carbocycles. The van der Waals surface area contributed by atoms with Crippen LogP contribution < -0.4 is 0 Å². The third kappa shape index (κ3) is 3.81. The molecule has 1 aliphatic heterocycles. The van der Waals surface area contributed by atoms with E-state index in [-0.39, 0.29) is 23.8 Å². The number of carbonyl (C=O) groups is 3. The van der Waals surface area contributed by atoms with Crippen LogP contribution in [0.3, 0.4) is 0 Å². The Balaban J connectivity index is 1.83. The molecule has 0 amide bonds. The Kier molecular flexibility index (Phi) is 5.17. The predicted octanol–water partition coefficient (Wildman–Crippen LogP) is 3.95. The summed E-state index contributed by atoms with van der Waals surface area (Å²) in [6, 6.07) is 6.51. The molecule has 0 spiro atoms. The lowest BCUT2D eigenvalue weighted by Gasteiger charge is -2.41. The van der Waals surface area contributed by atoms with Crippen molar-refractivity contribution in [3.8, 4) is 0 Å². The van der Waals surface area contributed by atoms with Gasteiger partial charge in [-0.1, -0.05) is 25.5 Å². The quantitative estimate of drug-likeness (QED) is 0.602. The van der Waals surface area contributed by atoms with Crippen LogP contribution in [-0.4, -0.2) is 29.4 Å². The standard InChI is InChI=1S/C21H26O5/c1-4-15-9-18-12-21(11-15,10-13(2)25-19(18)23)26-20(24)17-7-5-16(6-8-17)14(3)22/h5-8,13,15,18H,4,9-12H2,1-3H3. The van der Waals surface area contributed by atoms with Gasteiger partial charge in [0.15, 0.2) is 5.78 Å². The third-order valence-electron chi connectivity index (χ3n) is 5.62. The summed E-state index contributed by atoms with van der Waals surface area (Å²) in [7, 11) is 0. The molecule has 3 rings (SSSR count). The van der Waals surface area contributed by atoms with E-state index in [0.717, 1.165) is 19.3 Å². The van der Waals surface area contributed by atoms with Crippen molar-refractivity contribution in [1.82, 2.24) is 0 Å². The Morgan fingerprint density at radius 1 is 1.15 bits per heavy atom. The molecule has 1 aromatic rings. The van der Waals surface area contributed by atoms with E-state index in [1.807, 2.05) is 6.92 Å². The van der Waals surface area contributed by atoms with Crippen LogP contribution in [0.15, 0.2) is 24.3 Å². The third-order valence-corrected chi connectivity index (χ3v) is 5.62. The van der Waals surface area contributed by atoms with Gasteiger partial charge in [0.1, 0.15) is 11.7 Å². The number of rotatable bonds is 4. The zero-order valence-corrected chi connectivity index (χ0v) is 15.6. The van der Waals surface area contributed by atoms with Crippen molar-refractivity contribution < 1.29 is 23.9 Å². The summed E-state index contributed by atoms with van der Waals surface area (Å²) in [6.45, 7) is 5.45. The van der Waals surface area contributed by atoms with Crippen LogP contribution in [0.25, 0.3) is 0 Å². The lowest BCUT2D eigenvalue weighted by molar-refractivity contribution is -0.152. The zero-order chi connectivity index (χ0) is 18.9. The summed E-state index contributed by atoms with van der Waals surface area (Å²) in [5.41, 5.74) is 0.320. The molecule has 5 nitrogen and oxygen atoms in total. The van der Waals surface area contributed by atoms with Crippen LogP contribution in [0, 0.1) is 11.8 Å². The Labute approximate surface area is 154 Å². The predicted molar refractivity (Wildman–Crippen MR) is 95.9 cm³/mol. The average molecular weight is 358 g/mol. The number of fused-ring (bicyclic) bond motifs is 2. The number of hydrogen-bond acceptors (Lipinski definition) is 5. The lowest BCUT2D eigenvalue weighted by Crippen LogP contribution is -2.44. The van der Waals surface area contributed by atoms with E-state index in [1.165, 1.54) is 6.92 Å². The van der Waals surface area contributed by atoms with E-state index < -0.39 is 11.6 Å². The summed E-state index contributed by atoms with van der Waals surface area (Å²) in [5, 5.41) is 0. The van der Waals surface area contributed by atoms with E-state index >= 15 is 0 Å². The monoisotopic (exact) mass is 358 g/mol. The highest BCUT2D eigenvalue weighted by Gasteiger charge is 2.49. The van der Waals surface area contributed by atoms with E-state index in [2.05, 4.69) is 6.92 Å². The average Bonchev–Trinajstić information content (AvgIpc) is 2.68. The van der Waals surface area contributed by atoms with Crippen molar-refractivity contribution in [3.63, 3.8) is 0 Å². The number of carbonyl (C=O) groups excluding carboxylic acids is 3. The Hall–Kier alpha value is -2.17. The highest BCUT2D eigenvalue weighted by molar-refractivity contribution is 5.96. The van der Waals surface area contributed by atoms with Crippen LogP contribution in [0.2, 0.25) is 0 Å². The van der Waals surface area contributed by atoms with Gasteiger partial charge in [-0.25, -0.2) is 4.79 Å². The van der Waals surface area contributed by atoms with Crippen LogP contribution in [-0.2, 0) is 14.3 Å². The van der Waals surface area contributed by atoms with E-state index in [1.54, 1.807) is 24.3 Å². The van der Waals surface area contributed by atoms with Gasteiger partial charge in [0, 0.05) is 18.4 Å². The first-order chi connectivity index (χ1) is 12.3. The number of cyclic esters (lactones) is 1. The van der Waals surface area contributed by atoms with Crippen molar-refractivity contribution in [2.24, 2.45) is 11.8 Å². The van der Waals surface area contributed by atoms with Gasteiger partial charge in [-0.15, -0.1) is 0 Å². The largest absolute Gasteiger partial charge is 0.462 e. The van der Waals surface area contributed by atoms with Crippen molar-refractivity contribution in [3.05, 3.63) is 35.4 Å². The lowest BCUT2D eigenvalue weighted by atomic mass is 9.70. The molecule has 5 heteroatoms. The Morgan fingerprint density at radius 2 is 1.81 bits per heavy atom. The summed E-state index contributed by atoms with van der Waals surface area (Å²) in [5.74, 6) is -0.472. The number of ether oxygens (including phenoxy) is 2. The van der Waals surface area contributed by atoms with Gasteiger partial charge in [-0.2, -0.15) is 0 Å². The minimum atomic E-state index is -0.661. The maximum Gasteiger partial charge on any atom is 0.338 e. The molecule has 1 aliphatic carbocycles. The molecule has 2 aliphatic rings. The molecule has 4 atom stereocenters. The first-order valence-electron chi connectivity index (χ1n) is 9.37. The highest BCUT2D eigenvalue weighted by atomic mass is 16.6. The molecule has 26 heavy (non-hydrogen) atoms. The van der Waals surface area contributed by atoms with Gasteiger partial charge in [0.2, 0.25) is 0 Å². The Morgan fingerprint density at radius 3 is 2.42 bits per heavy atom. The van der Waals surface area contributed by atoms with E-state index in [4.69, 9.17) is 9.47 Å². The second kappa shape index (κ2) is 7.22. The normalized spacial score (nSPS) is 30.9. The number of esters is 2. The van der Waals surface area contributed by atoms with E-state index in [0.29, 0.717) is 29.9 Å². The highest BCUT2D eigenvalue weighted by Crippen LogP contribution is 2.46. The molecule has 1 saturated heterocycles. The number of Topliss-reactive ketones (excluding diaryl/α,β-unsaturated/α-hetero) is 1. The van der Waals surface area contributed by atoms with Gasteiger partial charge in [0.25, 0.3) is 0 Å². The molecule has 1 heterocycles. The molecule has 0 N–H and O–H groups in total. The molecule has 2 fully saturated rings. The molecule has 0 aromatic heterocycles. The van der Waals surface area contributed by atoms with Gasteiger partial charge in [-0.05, 0) is 44.7 Å². The van der Waals surface area contributed by atoms with Gasteiger partial charge in [0.05, 0.1) is 11.5 Å². The minimum Gasteiger partial charge on any atom is -0.462 e. The maximum atomic E-state index is 12.8. The fourth-order valence-electron chi connectivity index (χ4n) is 4.37. The zero-order valence-electron chi connectivity index (χ0n) is 15.6. The van der Waals surface area contributed by atoms with Crippen LogP contribution in [0.1, 0.15) is 73.6 Å². The topological polar surface area (TPSA) is 69.7 Å². The minimum absolute atomic E-state index is 0.0438. The molecular weight excluding hydrogens is 332 g/mol. The van der Waals surface area contributed by atoms with Gasteiger partial charge >= 0.3 is 11.9 Å². The summed E-state index contributed by atoms with van der Waals surface area (Å²) in [4.78, 5) is 36.4. The number of hydrogen-bond donors (Lipinski definition) is 0. The molecule has 4 unspecified atom stereocenters. The summed E-state index contributed by atoms with van der Waals surface area (Å²) in [6.07, 6.45) is 3.31. The molecular formula is C21H26O5. The van der Waals surface area contributed by atoms with E-state index in [9.17, 15) is 14.4 Å². The smallest absolute Gasteiger partial charge is 0.338 e. The van der Waals surface area contributed by atoms with Crippen molar-refractivity contribution in [2.45, 2.75) is 64.6 Å². The second-order valence-corrected chi connectivity index (χ2v) is 7.77. The fraction of sp³-hybridized carbons (Fsp3) is 0.571. The molecule has 2 bridgehead atoms. The van der Waals surface area contributed by atoms with Crippen LogP contribution in [0.4, 0.5) is 0 Å². The first kappa shape index (κ1) is 18.6. The Bertz CT molecular complexity index is 708. The first-order valence-corrected chi connectivity index (χ1v) is 9.37. The van der Waals surface area contributed by atoms with Crippen LogP contribution >= 0.6 is 0 Å². The second-order valence-electron chi connectivity index (χ2n) is 7.77. The fourth-order valence-corrected chi connectivity index (χ4v) is 4.37. The number of ketones is 1. The van der Waals surface area contributed by atoms with Crippen LogP contribution in [0.5, 0.6) is 0 Å². The van der Waals surface area contributed by atoms with Crippen molar-refractivity contribution in [2.75, 3.05) is 0 Å². The van der Waals surface area contributed by atoms with Gasteiger partial charge in [-0.3, -0.25) is 9.59 Å². The van der Waals surface area contributed by atoms with Crippen molar-refractivity contribution >= 4 is 17.7 Å². The molecule has 1 saturated carbocycles. The summed E-state index contributed by atoms with van der Waals surface area (Å²) >= 11 is 0. The number of benzene rings is 1. The van der Waals surface area contributed by atoms with Gasteiger partial charge < -0.3 is 9.47 Å². The molecule has 0 radical (unpaired) electrons. The molecule has 140 valence electrons. The maximum absolute atomic E-state index is 12.8. The SMILES string of the molecule is CCC1CC2CC(OC(=O)c3ccc(C(C)=O)cc3)(C1)CC(C)OC2=O.